The largest absolute Gasteiger partial charge is 0.493 e. The predicted octanol–water partition coefficient (Wildman–Crippen LogP) is 1.17. The zero-order chi connectivity index (χ0) is 27.1. The standard InChI is InChI=1S/C27H28N2O8/c1-10-11(2)25(36-6)26(37-7)16-13(10)8-14-19-17-18(21(31)12(3)24(35-5)23(17)33)22(32)20(28(19)4)27(34)29(14)15(16)9-30/h8,15,19-20,30H,9H2,1-7H3/t15-,19?,20?/m0/s1. The number of nitrogens with zero attached hydrogens (tertiary/aromatic N) is 2. The van der Waals surface area contributed by atoms with Crippen LogP contribution in [0.1, 0.15) is 35.2 Å². The summed E-state index contributed by atoms with van der Waals surface area (Å²) in [7, 11) is 5.88. The summed E-state index contributed by atoms with van der Waals surface area (Å²) in [6.07, 6.45) is 1.77. The van der Waals surface area contributed by atoms with Crippen molar-refractivity contribution in [2.75, 3.05) is 35.0 Å². The quantitative estimate of drug-likeness (QED) is 0.363. The molecule has 4 aliphatic rings. The highest BCUT2D eigenvalue weighted by atomic mass is 16.5. The highest BCUT2D eigenvalue weighted by molar-refractivity contribution is 6.39. The van der Waals surface area contributed by atoms with Gasteiger partial charge < -0.3 is 24.2 Å². The molecule has 2 bridgehead atoms. The Balaban J connectivity index is 1.86. The van der Waals surface area contributed by atoms with Gasteiger partial charge in [0, 0.05) is 22.4 Å². The number of benzene rings is 1. The molecule has 10 heteroatoms. The maximum absolute atomic E-state index is 13.9. The summed E-state index contributed by atoms with van der Waals surface area (Å²) in [6.45, 7) is 4.73. The first-order chi connectivity index (χ1) is 17.6. The molecule has 1 amide bonds. The van der Waals surface area contributed by atoms with E-state index >= 15 is 0 Å². The van der Waals surface area contributed by atoms with Crippen molar-refractivity contribution < 1.29 is 38.5 Å². The molecular formula is C27H28N2O8. The number of carbonyl (C=O) groups excluding carboxylic acids is 4. The average molecular weight is 509 g/mol. The Morgan fingerprint density at radius 1 is 0.892 bits per heavy atom. The molecule has 37 heavy (non-hydrogen) atoms. The van der Waals surface area contributed by atoms with Crippen molar-refractivity contribution in [3.8, 4) is 11.5 Å². The molecular weight excluding hydrogens is 480 g/mol. The van der Waals surface area contributed by atoms with Crippen LogP contribution in [0, 0.1) is 13.8 Å². The Morgan fingerprint density at radius 3 is 2.11 bits per heavy atom. The Bertz CT molecular complexity index is 1420. The summed E-state index contributed by atoms with van der Waals surface area (Å²) < 4.78 is 16.6. The molecule has 194 valence electrons. The third-order valence-corrected chi connectivity index (χ3v) is 8.01. The number of methoxy groups -OCH3 is 3. The van der Waals surface area contributed by atoms with E-state index in [1.165, 1.54) is 38.1 Å². The van der Waals surface area contributed by atoms with E-state index in [1.807, 2.05) is 13.8 Å². The molecule has 3 heterocycles. The van der Waals surface area contributed by atoms with Gasteiger partial charge in [-0.15, -0.1) is 0 Å². The number of fused-ring (bicyclic) bond motifs is 6. The van der Waals surface area contributed by atoms with E-state index < -0.39 is 48.0 Å². The van der Waals surface area contributed by atoms with E-state index in [-0.39, 0.29) is 22.5 Å². The normalized spacial score (nSPS) is 25.1. The van der Waals surface area contributed by atoms with Crippen LogP contribution < -0.4 is 9.47 Å². The van der Waals surface area contributed by atoms with E-state index in [2.05, 4.69) is 0 Å². The average Bonchev–Trinajstić information content (AvgIpc) is 2.87. The fourth-order valence-corrected chi connectivity index (χ4v) is 6.16. The zero-order valence-electron chi connectivity index (χ0n) is 21.7. The lowest BCUT2D eigenvalue weighted by Crippen LogP contribution is -2.67. The van der Waals surface area contributed by atoms with Gasteiger partial charge in [-0.05, 0) is 50.6 Å². The van der Waals surface area contributed by atoms with Crippen molar-refractivity contribution in [2.45, 2.75) is 38.9 Å². The zero-order valence-corrected chi connectivity index (χ0v) is 21.7. The van der Waals surface area contributed by atoms with Gasteiger partial charge in [0.25, 0.3) is 5.91 Å². The number of Topliss-reactive ketones (excluding diaryl/α,β-unsaturated/α-hetero) is 3. The Labute approximate surface area is 213 Å². The topological polar surface area (TPSA) is 123 Å². The number of likely N-dealkylation sites (N-methyl/N-ethyl adjacent to an activating group) is 1. The van der Waals surface area contributed by atoms with Crippen molar-refractivity contribution in [1.82, 2.24) is 9.80 Å². The van der Waals surface area contributed by atoms with E-state index in [0.29, 0.717) is 28.3 Å². The van der Waals surface area contributed by atoms with Gasteiger partial charge in [-0.2, -0.15) is 0 Å². The van der Waals surface area contributed by atoms with Gasteiger partial charge in [0.2, 0.25) is 5.78 Å². The molecule has 1 aromatic carbocycles. The van der Waals surface area contributed by atoms with Crippen molar-refractivity contribution in [1.29, 1.82) is 0 Å². The lowest BCUT2D eigenvalue weighted by atomic mass is 9.72. The van der Waals surface area contributed by atoms with Gasteiger partial charge in [0.1, 0.15) is 0 Å². The summed E-state index contributed by atoms with van der Waals surface area (Å²) in [6, 6.07) is -3.13. The SMILES string of the molecule is COC1=C(C)C(=O)C2=C(C1=O)C1C3=Cc4c(C)c(C)c(OC)c(OC)c4[C@H](CO)N3C(=O)C(C2=O)N1C. The van der Waals surface area contributed by atoms with Crippen LogP contribution in [0.15, 0.2) is 28.2 Å². The number of allylic oxidation sites excluding steroid dienone is 2. The Morgan fingerprint density at radius 2 is 1.54 bits per heavy atom. The van der Waals surface area contributed by atoms with Gasteiger partial charge >= 0.3 is 0 Å². The molecule has 1 saturated heterocycles. The van der Waals surface area contributed by atoms with Crippen LogP contribution in [-0.2, 0) is 23.9 Å². The number of carbonyl (C=O) groups is 4. The van der Waals surface area contributed by atoms with Crippen LogP contribution in [-0.4, -0.2) is 85.2 Å². The van der Waals surface area contributed by atoms with Gasteiger partial charge in [-0.3, -0.25) is 24.1 Å². The fourth-order valence-electron chi connectivity index (χ4n) is 6.16. The van der Waals surface area contributed by atoms with Crippen LogP contribution in [0.2, 0.25) is 0 Å². The molecule has 3 aliphatic heterocycles. The van der Waals surface area contributed by atoms with E-state index in [0.717, 1.165) is 11.1 Å². The summed E-state index contributed by atoms with van der Waals surface area (Å²) >= 11 is 0. The second-order valence-electron chi connectivity index (χ2n) is 9.56. The molecule has 0 radical (unpaired) electrons. The number of aliphatic hydroxyl groups excluding tert-OH is 1. The highest BCUT2D eigenvalue weighted by Gasteiger charge is 2.59. The summed E-state index contributed by atoms with van der Waals surface area (Å²) in [4.78, 5) is 57.3. The van der Waals surface area contributed by atoms with Gasteiger partial charge in [0.05, 0.1) is 45.6 Å². The molecule has 0 aromatic heterocycles. The number of ketones is 3. The molecule has 1 aromatic rings. The van der Waals surface area contributed by atoms with Crippen LogP contribution in [0.4, 0.5) is 0 Å². The van der Waals surface area contributed by atoms with Gasteiger partial charge in [-0.25, -0.2) is 0 Å². The number of piperazine rings is 1. The summed E-state index contributed by atoms with van der Waals surface area (Å²) in [5, 5.41) is 10.6. The maximum atomic E-state index is 13.9. The van der Waals surface area contributed by atoms with Crippen LogP contribution in [0.5, 0.6) is 11.5 Å². The minimum Gasteiger partial charge on any atom is -0.493 e. The molecule has 2 unspecified atom stereocenters. The van der Waals surface area contributed by atoms with Crippen LogP contribution in [0.25, 0.3) is 6.08 Å². The smallest absolute Gasteiger partial charge is 0.252 e. The third kappa shape index (κ3) is 2.93. The molecule has 1 fully saturated rings. The lowest BCUT2D eigenvalue weighted by molar-refractivity contribution is -0.149. The molecule has 3 atom stereocenters. The number of aliphatic hydroxyl groups is 1. The van der Waals surface area contributed by atoms with Crippen LogP contribution in [0.3, 0.4) is 0 Å². The predicted molar refractivity (Wildman–Crippen MR) is 131 cm³/mol. The molecule has 1 N–H and O–H groups in total. The first-order valence-corrected chi connectivity index (χ1v) is 11.8. The first kappa shape index (κ1) is 24.9. The van der Waals surface area contributed by atoms with Crippen LogP contribution >= 0.6 is 0 Å². The number of hydrogen-bond donors (Lipinski definition) is 1. The minimum atomic E-state index is -1.33. The van der Waals surface area contributed by atoms with Crippen molar-refractivity contribution in [2.24, 2.45) is 0 Å². The lowest BCUT2D eigenvalue weighted by Gasteiger charge is -2.53. The van der Waals surface area contributed by atoms with Gasteiger partial charge in [-0.1, -0.05) is 0 Å². The van der Waals surface area contributed by atoms with E-state index in [4.69, 9.17) is 14.2 Å². The fraction of sp³-hybridized carbons (Fsp3) is 0.407. The Hall–Kier alpha value is -3.76. The number of hydrogen-bond acceptors (Lipinski definition) is 9. The van der Waals surface area contributed by atoms with E-state index in [9.17, 15) is 24.3 Å². The molecule has 0 spiro atoms. The van der Waals surface area contributed by atoms with E-state index in [1.54, 1.807) is 13.1 Å². The second kappa shape index (κ2) is 8.39. The first-order valence-electron chi connectivity index (χ1n) is 11.8. The highest BCUT2D eigenvalue weighted by Crippen LogP contribution is 2.52. The summed E-state index contributed by atoms with van der Waals surface area (Å²) in [5.41, 5.74) is 3.06. The number of amides is 1. The maximum Gasteiger partial charge on any atom is 0.252 e. The third-order valence-electron chi connectivity index (χ3n) is 8.01. The molecule has 5 rings (SSSR count). The molecule has 10 nitrogen and oxygen atoms in total. The minimum absolute atomic E-state index is 0.0186. The van der Waals surface area contributed by atoms with Crippen molar-refractivity contribution >= 4 is 29.3 Å². The molecule has 1 aliphatic carbocycles. The molecule has 0 saturated carbocycles. The monoisotopic (exact) mass is 508 g/mol. The Kier molecular flexibility index (Phi) is 5.65. The van der Waals surface area contributed by atoms with Crippen molar-refractivity contribution in [3.05, 3.63) is 50.4 Å². The number of rotatable bonds is 4. The number of ether oxygens (including phenoxy) is 3. The summed E-state index contributed by atoms with van der Waals surface area (Å²) in [5.74, 6) is -1.78. The van der Waals surface area contributed by atoms with Gasteiger partial charge in [0.15, 0.2) is 34.9 Å². The van der Waals surface area contributed by atoms with Crippen molar-refractivity contribution in [3.63, 3.8) is 0 Å². The second-order valence-corrected chi connectivity index (χ2v) is 9.56.